The van der Waals surface area contributed by atoms with Gasteiger partial charge in [-0.15, -0.1) is 0 Å². The van der Waals surface area contributed by atoms with Crippen LogP contribution in [0.4, 0.5) is 0 Å². The van der Waals surface area contributed by atoms with Gasteiger partial charge in [-0.2, -0.15) is 0 Å². The number of nitrogens with zero attached hydrogens (tertiary/aromatic N) is 1. The summed E-state index contributed by atoms with van der Waals surface area (Å²) in [6, 6.07) is 0.0121. The van der Waals surface area contributed by atoms with Crippen LogP contribution in [0.1, 0.15) is 6.42 Å². The van der Waals surface area contributed by atoms with Crippen LogP contribution < -0.4 is 0 Å². The zero-order chi connectivity index (χ0) is 11.5. The van der Waals surface area contributed by atoms with Gasteiger partial charge < -0.3 is 14.6 Å². The van der Waals surface area contributed by atoms with Crippen molar-refractivity contribution >= 4 is 5.97 Å². The van der Waals surface area contributed by atoms with E-state index in [0.717, 1.165) is 26.2 Å². The summed E-state index contributed by atoms with van der Waals surface area (Å²) in [4.78, 5) is 13.1. The molecular weight excluding hydrogens is 210 g/mol. The van der Waals surface area contributed by atoms with E-state index < -0.39 is 5.97 Å². The molecule has 16 heavy (non-hydrogen) atoms. The van der Waals surface area contributed by atoms with Gasteiger partial charge >= 0.3 is 5.97 Å². The first-order valence-electron chi connectivity index (χ1n) is 5.77. The van der Waals surface area contributed by atoms with E-state index >= 15 is 0 Å². The number of hydrogen-bond donors (Lipinski definition) is 1. The molecule has 0 aliphatic carbocycles. The van der Waals surface area contributed by atoms with Gasteiger partial charge in [-0.05, 0) is 19.4 Å². The summed E-state index contributed by atoms with van der Waals surface area (Å²) in [5.74, 6) is -0.593. The SMILES string of the molecule is CN(CC1CCOC1)C1COCC1C(=O)O. The second kappa shape index (κ2) is 5.12. The summed E-state index contributed by atoms with van der Waals surface area (Å²) in [5, 5.41) is 9.06. The Balaban J connectivity index is 1.87. The number of carboxylic acids is 1. The fourth-order valence-corrected chi connectivity index (χ4v) is 2.48. The highest BCUT2D eigenvalue weighted by Crippen LogP contribution is 2.22. The lowest BCUT2D eigenvalue weighted by molar-refractivity contribution is -0.143. The summed E-state index contributed by atoms with van der Waals surface area (Å²) in [7, 11) is 1.98. The second-order valence-corrected chi connectivity index (χ2v) is 4.72. The van der Waals surface area contributed by atoms with Gasteiger partial charge in [0.2, 0.25) is 0 Å². The van der Waals surface area contributed by atoms with E-state index in [9.17, 15) is 4.79 Å². The molecule has 2 aliphatic heterocycles. The highest BCUT2D eigenvalue weighted by atomic mass is 16.5. The van der Waals surface area contributed by atoms with Gasteiger partial charge in [-0.1, -0.05) is 0 Å². The predicted octanol–water partition coefficient (Wildman–Crippen LogP) is 0.0543. The standard InChI is InChI=1S/C11H19NO4/c1-12(4-8-2-3-15-5-8)10-7-16-6-9(10)11(13)14/h8-10H,2-7H2,1H3,(H,13,14). The van der Waals surface area contributed by atoms with Crippen LogP contribution in [-0.2, 0) is 14.3 Å². The predicted molar refractivity (Wildman–Crippen MR) is 57.3 cm³/mol. The molecule has 3 unspecified atom stereocenters. The van der Waals surface area contributed by atoms with Crippen LogP contribution in [0, 0.1) is 11.8 Å². The molecule has 0 radical (unpaired) electrons. The summed E-state index contributed by atoms with van der Waals surface area (Å²) in [6.45, 7) is 3.40. The van der Waals surface area contributed by atoms with Crippen molar-refractivity contribution in [2.24, 2.45) is 11.8 Å². The summed E-state index contributed by atoms with van der Waals surface area (Å²) >= 11 is 0. The third-order valence-corrected chi connectivity index (χ3v) is 3.50. The first kappa shape index (κ1) is 11.8. The first-order valence-corrected chi connectivity index (χ1v) is 5.77. The van der Waals surface area contributed by atoms with Crippen molar-refractivity contribution in [3.8, 4) is 0 Å². The Bertz CT molecular complexity index is 252. The maximum Gasteiger partial charge on any atom is 0.310 e. The average molecular weight is 229 g/mol. The Morgan fingerprint density at radius 1 is 1.38 bits per heavy atom. The zero-order valence-corrected chi connectivity index (χ0v) is 9.59. The minimum absolute atomic E-state index is 0.0121. The molecule has 0 aromatic heterocycles. The number of carboxylic acid groups (broad SMARTS) is 1. The first-order chi connectivity index (χ1) is 7.68. The number of carbonyl (C=O) groups is 1. The molecule has 2 rings (SSSR count). The minimum Gasteiger partial charge on any atom is -0.481 e. The van der Waals surface area contributed by atoms with E-state index in [2.05, 4.69) is 4.90 Å². The van der Waals surface area contributed by atoms with Crippen LogP contribution in [0.25, 0.3) is 0 Å². The van der Waals surface area contributed by atoms with Gasteiger partial charge in [-0.25, -0.2) is 0 Å². The number of rotatable bonds is 4. The average Bonchev–Trinajstić information content (AvgIpc) is 2.86. The molecule has 92 valence electrons. The Labute approximate surface area is 95.3 Å². The van der Waals surface area contributed by atoms with Crippen molar-refractivity contribution in [1.29, 1.82) is 0 Å². The van der Waals surface area contributed by atoms with E-state index in [4.69, 9.17) is 14.6 Å². The van der Waals surface area contributed by atoms with Crippen LogP contribution in [0.2, 0.25) is 0 Å². The molecule has 0 aromatic carbocycles. The van der Waals surface area contributed by atoms with Crippen molar-refractivity contribution in [1.82, 2.24) is 4.90 Å². The van der Waals surface area contributed by atoms with E-state index in [-0.39, 0.29) is 12.0 Å². The fourth-order valence-electron chi connectivity index (χ4n) is 2.48. The maximum absolute atomic E-state index is 11.0. The molecule has 5 heteroatoms. The van der Waals surface area contributed by atoms with Crippen molar-refractivity contribution in [2.75, 3.05) is 40.0 Å². The Hall–Kier alpha value is -0.650. The molecule has 0 saturated carbocycles. The lowest BCUT2D eigenvalue weighted by atomic mass is 10.0. The molecule has 2 heterocycles. The largest absolute Gasteiger partial charge is 0.481 e. The van der Waals surface area contributed by atoms with Gasteiger partial charge in [0.25, 0.3) is 0 Å². The van der Waals surface area contributed by atoms with Gasteiger partial charge in [0, 0.05) is 19.2 Å². The summed E-state index contributed by atoms with van der Waals surface area (Å²) < 4.78 is 10.6. The van der Waals surface area contributed by atoms with Crippen molar-refractivity contribution in [3.63, 3.8) is 0 Å². The smallest absolute Gasteiger partial charge is 0.310 e. The molecule has 2 aliphatic rings. The van der Waals surface area contributed by atoms with E-state index in [1.165, 1.54) is 0 Å². The lowest BCUT2D eigenvalue weighted by Crippen LogP contribution is -2.43. The molecule has 0 spiro atoms. The Kier molecular flexibility index (Phi) is 3.78. The van der Waals surface area contributed by atoms with Crippen LogP contribution in [-0.4, -0.2) is 62.0 Å². The quantitative estimate of drug-likeness (QED) is 0.738. The lowest BCUT2D eigenvalue weighted by Gasteiger charge is -2.28. The molecular formula is C11H19NO4. The third kappa shape index (κ3) is 2.53. The molecule has 2 fully saturated rings. The zero-order valence-electron chi connectivity index (χ0n) is 9.59. The molecule has 5 nitrogen and oxygen atoms in total. The van der Waals surface area contributed by atoms with Gasteiger partial charge in [0.05, 0.1) is 25.7 Å². The van der Waals surface area contributed by atoms with Crippen molar-refractivity contribution < 1.29 is 19.4 Å². The molecule has 0 bridgehead atoms. The van der Waals surface area contributed by atoms with Gasteiger partial charge in [0.1, 0.15) is 0 Å². The normalized spacial score (nSPS) is 34.8. The van der Waals surface area contributed by atoms with Gasteiger partial charge in [0.15, 0.2) is 0 Å². The van der Waals surface area contributed by atoms with Crippen molar-refractivity contribution in [2.45, 2.75) is 12.5 Å². The number of aliphatic carboxylic acids is 1. The highest BCUT2D eigenvalue weighted by molar-refractivity contribution is 5.71. The summed E-state index contributed by atoms with van der Waals surface area (Å²) in [5.41, 5.74) is 0. The van der Waals surface area contributed by atoms with Crippen LogP contribution in [0.5, 0.6) is 0 Å². The van der Waals surface area contributed by atoms with Crippen molar-refractivity contribution in [3.05, 3.63) is 0 Å². The van der Waals surface area contributed by atoms with E-state index in [1.807, 2.05) is 7.05 Å². The Morgan fingerprint density at radius 3 is 2.81 bits per heavy atom. The Morgan fingerprint density at radius 2 is 2.19 bits per heavy atom. The number of ether oxygens (including phenoxy) is 2. The molecule has 0 amide bonds. The topological polar surface area (TPSA) is 59.0 Å². The van der Waals surface area contributed by atoms with Crippen LogP contribution >= 0.6 is 0 Å². The maximum atomic E-state index is 11.0. The second-order valence-electron chi connectivity index (χ2n) is 4.72. The molecule has 1 N–H and O–H groups in total. The minimum atomic E-state index is -0.753. The number of likely N-dealkylation sites (N-methyl/N-ethyl adjacent to an activating group) is 1. The molecule has 3 atom stereocenters. The van der Waals surface area contributed by atoms with Crippen LogP contribution in [0.15, 0.2) is 0 Å². The highest BCUT2D eigenvalue weighted by Gasteiger charge is 2.37. The molecule has 0 aromatic rings. The van der Waals surface area contributed by atoms with E-state index in [0.29, 0.717) is 19.1 Å². The van der Waals surface area contributed by atoms with Crippen LogP contribution in [0.3, 0.4) is 0 Å². The molecule has 2 saturated heterocycles. The number of hydrogen-bond acceptors (Lipinski definition) is 4. The van der Waals surface area contributed by atoms with Gasteiger partial charge in [-0.3, -0.25) is 9.69 Å². The monoisotopic (exact) mass is 229 g/mol. The van der Waals surface area contributed by atoms with E-state index in [1.54, 1.807) is 0 Å². The third-order valence-electron chi connectivity index (χ3n) is 3.50. The summed E-state index contributed by atoms with van der Waals surface area (Å²) in [6.07, 6.45) is 1.08. The fraction of sp³-hybridized carbons (Fsp3) is 0.909.